The molecular weight excluding hydrogens is 319 g/mol. The monoisotopic (exact) mass is 333 g/mol. The minimum atomic E-state index is -4.49. The maximum atomic E-state index is 13.0. The van der Waals surface area contributed by atoms with Gasteiger partial charge in [0.25, 0.3) is 0 Å². The molecule has 8 heteroatoms. The number of alkyl halides is 3. The molecule has 24 heavy (non-hydrogen) atoms. The van der Waals surface area contributed by atoms with Gasteiger partial charge in [-0.1, -0.05) is 6.08 Å². The van der Waals surface area contributed by atoms with Crippen LogP contribution in [0.3, 0.4) is 0 Å². The molecule has 0 spiro atoms. The minimum Gasteiger partial charge on any atom is -0.300 e. The molecule has 0 aromatic carbocycles. The zero-order valence-corrected chi connectivity index (χ0v) is 13.0. The van der Waals surface area contributed by atoms with E-state index >= 15 is 0 Å². The summed E-state index contributed by atoms with van der Waals surface area (Å²) in [6.07, 6.45) is 3.06. The molecule has 3 heterocycles. The number of rotatable bonds is 1. The van der Waals surface area contributed by atoms with E-state index in [0.717, 1.165) is 11.8 Å². The molecule has 2 unspecified atom stereocenters. The summed E-state index contributed by atoms with van der Waals surface area (Å²) in [6, 6.07) is 2.30. The lowest BCUT2D eigenvalue weighted by atomic mass is 9.83. The zero-order chi connectivity index (χ0) is 17.1. The van der Waals surface area contributed by atoms with E-state index in [-0.39, 0.29) is 17.1 Å². The lowest BCUT2D eigenvalue weighted by Gasteiger charge is -2.29. The van der Waals surface area contributed by atoms with E-state index in [0.29, 0.717) is 11.3 Å². The Bertz CT molecular complexity index is 922. The van der Waals surface area contributed by atoms with Crippen LogP contribution in [0, 0.1) is 12.8 Å². The molecule has 2 aromatic heterocycles. The van der Waals surface area contributed by atoms with Crippen molar-refractivity contribution in [3.05, 3.63) is 41.9 Å². The summed E-state index contributed by atoms with van der Waals surface area (Å²) in [5.41, 5.74) is 3.16. The topological polar surface area (TPSA) is 55.1 Å². The van der Waals surface area contributed by atoms with Crippen molar-refractivity contribution in [3.8, 4) is 0 Å². The molecular formula is C16H14F3N5. The number of halogens is 3. The van der Waals surface area contributed by atoms with Crippen molar-refractivity contribution >= 4 is 23.1 Å². The first-order chi connectivity index (χ1) is 11.3. The largest absolute Gasteiger partial charge is 0.433 e. The second-order valence-electron chi connectivity index (χ2n) is 6.15. The first kappa shape index (κ1) is 14.9. The third-order valence-corrected chi connectivity index (χ3v) is 4.40. The van der Waals surface area contributed by atoms with E-state index < -0.39 is 11.9 Å². The summed E-state index contributed by atoms with van der Waals surface area (Å²) in [5.74, 6) is 0.597. The van der Waals surface area contributed by atoms with Crippen LogP contribution in [0.5, 0.6) is 0 Å². The molecule has 1 aliphatic heterocycles. The van der Waals surface area contributed by atoms with Gasteiger partial charge in [-0.15, -0.1) is 0 Å². The van der Waals surface area contributed by atoms with Gasteiger partial charge >= 0.3 is 6.18 Å². The van der Waals surface area contributed by atoms with Gasteiger partial charge in [0.05, 0.1) is 5.54 Å². The van der Waals surface area contributed by atoms with E-state index in [2.05, 4.69) is 20.5 Å². The van der Waals surface area contributed by atoms with Gasteiger partial charge in [0.1, 0.15) is 17.0 Å². The predicted molar refractivity (Wildman–Crippen MR) is 84.2 cm³/mol. The van der Waals surface area contributed by atoms with Crippen molar-refractivity contribution in [2.75, 3.05) is 0 Å². The maximum absolute atomic E-state index is 13.0. The lowest BCUT2D eigenvalue weighted by Crippen LogP contribution is -2.40. The van der Waals surface area contributed by atoms with Crippen molar-refractivity contribution in [2.24, 2.45) is 11.0 Å². The lowest BCUT2D eigenvalue weighted by molar-refractivity contribution is -0.141. The third kappa shape index (κ3) is 2.13. The zero-order valence-electron chi connectivity index (χ0n) is 13.0. The van der Waals surface area contributed by atoms with Crippen LogP contribution < -0.4 is 5.43 Å². The number of allylic oxidation sites excluding steroid dienone is 2. The first-order valence-corrected chi connectivity index (χ1v) is 7.43. The summed E-state index contributed by atoms with van der Waals surface area (Å²) in [4.78, 5) is 8.12. The quantitative estimate of drug-likeness (QED) is 0.872. The SMILES string of the molecule is Cc1nc2ccc(C(F)(F)F)nc2n1C1=CC2C=NNC2(C)C=C1. The van der Waals surface area contributed by atoms with Crippen molar-refractivity contribution in [1.82, 2.24) is 20.0 Å². The molecule has 0 fully saturated rings. The van der Waals surface area contributed by atoms with Crippen molar-refractivity contribution < 1.29 is 13.2 Å². The average Bonchev–Trinajstić information content (AvgIpc) is 3.03. The highest BCUT2D eigenvalue weighted by molar-refractivity contribution is 5.82. The summed E-state index contributed by atoms with van der Waals surface area (Å²) in [6.45, 7) is 3.76. The average molecular weight is 333 g/mol. The maximum Gasteiger partial charge on any atom is 0.433 e. The van der Waals surface area contributed by atoms with Crippen LogP contribution in [0.15, 0.2) is 35.5 Å². The highest BCUT2D eigenvalue weighted by Crippen LogP contribution is 2.33. The summed E-state index contributed by atoms with van der Waals surface area (Å²) < 4.78 is 40.6. The van der Waals surface area contributed by atoms with Crippen LogP contribution in [-0.4, -0.2) is 26.3 Å². The van der Waals surface area contributed by atoms with Crippen LogP contribution in [0.1, 0.15) is 18.4 Å². The van der Waals surface area contributed by atoms with Gasteiger partial charge in [0.15, 0.2) is 5.65 Å². The highest BCUT2D eigenvalue weighted by atomic mass is 19.4. The second kappa shape index (κ2) is 4.68. The fourth-order valence-electron chi connectivity index (χ4n) is 3.04. The highest BCUT2D eigenvalue weighted by Gasteiger charge is 2.36. The molecule has 0 amide bonds. The number of hydrogen-bond donors (Lipinski definition) is 1. The van der Waals surface area contributed by atoms with Gasteiger partial charge in [-0.3, -0.25) is 9.99 Å². The van der Waals surface area contributed by atoms with E-state index in [1.165, 1.54) is 6.07 Å². The molecule has 4 rings (SSSR count). The molecule has 2 atom stereocenters. The number of aromatic nitrogens is 3. The molecule has 1 N–H and O–H groups in total. The van der Waals surface area contributed by atoms with Crippen LogP contribution in [0.4, 0.5) is 13.2 Å². The van der Waals surface area contributed by atoms with Gasteiger partial charge < -0.3 is 0 Å². The van der Waals surface area contributed by atoms with E-state index in [1.807, 2.05) is 25.2 Å². The second-order valence-corrected chi connectivity index (χ2v) is 6.15. The van der Waals surface area contributed by atoms with Gasteiger partial charge in [0, 0.05) is 17.8 Å². The first-order valence-electron chi connectivity index (χ1n) is 7.43. The van der Waals surface area contributed by atoms with Crippen molar-refractivity contribution in [1.29, 1.82) is 0 Å². The number of hydrogen-bond acceptors (Lipinski definition) is 4. The standard InChI is InChI=1S/C16H14F3N5/c1-9-21-12-3-4-13(16(17,18)19)22-14(12)24(9)11-5-6-15(2)10(7-11)8-20-23-15/h3-8,10,23H,1-2H3. The van der Waals surface area contributed by atoms with Crippen LogP contribution in [0.25, 0.3) is 16.9 Å². The number of aryl methyl sites for hydroxylation is 1. The Balaban J connectivity index is 1.88. The molecule has 0 radical (unpaired) electrons. The Morgan fingerprint density at radius 2 is 2.04 bits per heavy atom. The summed E-state index contributed by atoms with van der Waals surface area (Å²) in [5, 5.41) is 4.09. The Kier molecular flexibility index (Phi) is 2.91. The van der Waals surface area contributed by atoms with Gasteiger partial charge in [0.2, 0.25) is 0 Å². The van der Waals surface area contributed by atoms with E-state index in [9.17, 15) is 13.2 Å². The van der Waals surface area contributed by atoms with E-state index in [4.69, 9.17) is 0 Å². The molecule has 0 bridgehead atoms. The smallest absolute Gasteiger partial charge is 0.300 e. The Morgan fingerprint density at radius 1 is 1.25 bits per heavy atom. The number of imidazole rings is 1. The van der Waals surface area contributed by atoms with Gasteiger partial charge in [-0.25, -0.2) is 9.97 Å². The fraction of sp³-hybridized carbons (Fsp3) is 0.312. The van der Waals surface area contributed by atoms with Crippen LogP contribution >= 0.6 is 0 Å². The summed E-state index contributed by atoms with van der Waals surface area (Å²) in [7, 11) is 0. The molecule has 2 aromatic rings. The molecule has 2 aliphatic rings. The van der Waals surface area contributed by atoms with Crippen LogP contribution in [-0.2, 0) is 6.18 Å². The Hall–Kier alpha value is -2.64. The number of pyridine rings is 1. The molecule has 1 aliphatic carbocycles. The Labute approximate surface area is 135 Å². The molecule has 124 valence electrons. The molecule has 5 nitrogen and oxygen atoms in total. The number of hydrazone groups is 1. The fourth-order valence-corrected chi connectivity index (χ4v) is 3.04. The normalized spacial score (nSPS) is 25.7. The number of nitrogens with zero attached hydrogens (tertiary/aromatic N) is 4. The number of nitrogens with one attached hydrogen (secondary N) is 1. The van der Waals surface area contributed by atoms with Crippen molar-refractivity contribution in [2.45, 2.75) is 25.6 Å². The van der Waals surface area contributed by atoms with E-state index in [1.54, 1.807) is 17.7 Å². The minimum absolute atomic E-state index is 0.0140. The third-order valence-electron chi connectivity index (χ3n) is 4.40. The molecule has 0 saturated heterocycles. The Morgan fingerprint density at radius 3 is 2.79 bits per heavy atom. The number of fused-ring (bicyclic) bond motifs is 2. The summed E-state index contributed by atoms with van der Waals surface area (Å²) >= 11 is 0. The van der Waals surface area contributed by atoms with Gasteiger partial charge in [-0.05, 0) is 38.1 Å². The van der Waals surface area contributed by atoms with Gasteiger partial charge in [-0.2, -0.15) is 18.3 Å². The predicted octanol–water partition coefficient (Wildman–Crippen LogP) is 3.13. The van der Waals surface area contributed by atoms with Crippen molar-refractivity contribution in [3.63, 3.8) is 0 Å². The van der Waals surface area contributed by atoms with Crippen LogP contribution in [0.2, 0.25) is 0 Å². The molecule has 0 saturated carbocycles.